The number of rotatable bonds is 1. The van der Waals surface area contributed by atoms with Crippen LogP contribution < -0.4 is 5.73 Å². The highest BCUT2D eigenvalue weighted by Gasteiger charge is 2.39. The molecule has 0 spiro atoms. The Kier molecular flexibility index (Phi) is 3.42. The van der Waals surface area contributed by atoms with Gasteiger partial charge < -0.3 is 10.6 Å². The molecule has 2 N–H and O–H groups in total. The second-order valence-electron chi connectivity index (χ2n) is 6.32. The van der Waals surface area contributed by atoms with Crippen molar-refractivity contribution in [3.05, 3.63) is 12.2 Å². The maximum atomic E-state index is 12.5. The van der Waals surface area contributed by atoms with Gasteiger partial charge in [-0.05, 0) is 50.4 Å². The van der Waals surface area contributed by atoms with Crippen LogP contribution in [0, 0.1) is 17.8 Å². The Morgan fingerprint density at radius 1 is 1.11 bits per heavy atom. The van der Waals surface area contributed by atoms with E-state index in [9.17, 15) is 4.79 Å². The fourth-order valence-corrected chi connectivity index (χ4v) is 3.92. The van der Waals surface area contributed by atoms with Crippen LogP contribution in [-0.2, 0) is 4.79 Å². The highest BCUT2D eigenvalue weighted by atomic mass is 16.2. The highest BCUT2D eigenvalue weighted by Crippen LogP contribution is 2.36. The van der Waals surface area contributed by atoms with Crippen LogP contribution in [0.2, 0.25) is 0 Å². The summed E-state index contributed by atoms with van der Waals surface area (Å²) in [4.78, 5) is 14.6. The van der Waals surface area contributed by atoms with Crippen molar-refractivity contribution < 1.29 is 4.79 Å². The lowest BCUT2D eigenvalue weighted by molar-refractivity contribution is -0.134. The third kappa shape index (κ3) is 2.33. The Labute approximate surface area is 109 Å². The van der Waals surface area contributed by atoms with E-state index in [2.05, 4.69) is 17.1 Å². The lowest BCUT2D eigenvalue weighted by Crippen LogP contribution is -2.35. The summed E-state index contributed by atoms with van der Waals surface area (Å²) in [6, 6.07) is 0.374. The van der Waals surface area contributed by atoms with Crippen molar-refractivity contribution in [3.63, 3.8) is 0 Å². The fraction of sp³-hybridized carbons (Fsp3) is 0.800. The zero-order chi connectivity index (χ0) is 12.5. The normalized spacial score (nSPS) is 39.7. The largest absolute Gasteiger partial charge is 0.342 e. The van der Waals surface area contributed by atoms with Gasteiger partial charge in [0.2, 0.25) is 5.91 Å². The van der Waals surface area contributed by atoms with Crippen LogP contribution in [-0.4, -0.2) is 29.9 Å². The Hall–Kier alpha value is -0.830. The SMILES string of the molecule is NC1CC[C@H]2CN(C(=O)C3CC=CCC3)C[C@H]2C1. The Balaban J connectivity index is 1.61. The molecule has 3 heteroatoms. The maximum absolute atomic E-state index is 12.5. The molecule has 2 aliphatic carbocycles. The Morgan fingerprint density at radius 2 is 1.94 bits per heavy atom. The molecule has 2 unspecified atom stereocenters. The molecule has 0 bridgehead atoms. The summed E-state index contributed by atoms with van der Waals surface area (Å²) in [5.41, 5.74) is 6.04. The monoisotopic (exact) mass is 248 g/mol. The fourth-order valence-electron chi connectivity index (χ4n) is 3.92. The maximum Gasteiger partial charge on any atom is 0.226 e. The van der Waals surface area contributed by atoms with Crippen LogP contribution in [0.25, 0.3) is 0 Å². The lowest BCUT2D eigenvalue weighted by atomic mass is 9.79. The summed E-state index contributed by atoms with van der Waals surface area (Å²) in [5, 5.41) is 0. The molecule has 1 amide bonds. The van der Waals surface area contributed by atoms with Crippen molar-refractivity contribution in [1.29, 1.82) is 0 Å². The summed E-state index contributed by atoms with van der Waals surface area (Å²) in [6.07, 6.45) is 10.9. The zero-order valence-electron chi connectivity index (χ0n) is 11.1. The minimum Gasteiger partial charge on any atom is -0.342 e. The summed E-state index contributed by atoms with van der Waals surface area (Å²) in [5.74, 6) is 2.07. The smallest absolute Gasteiger partial charge is 0.226 e. The molecule has 4 atom stereocenters. The summed E-state index contributed by atoms with van der Waals surface area (Å²) in [6.45, 7) is 1.97. The van der Waals surface area contributed by atoms with Gasteiger partial charge in [-0.15, -0.1) is 0 Å². The first kappa shape index (κ1) is 12.2. The average molecular weight is 248 g/mol. The van der Waals surface area contributed by atoms with Crippen molar-refractivity contribution in [2.45, 2.75) is 44.6 Å². The molecule has 100 valence electrons. The zero-order valence-corrected chi connectivity index (χ0v) is 11.1. The van der Waals surface area contributed by atoms with Gasteiger partial charge in [0.15, 0.2) is 0 Å². The Morgan fingerprint density at radius 3 is 2.72 bits per heavy atom. The van der Waals surface area contributed by atoms with E-state index in [4.69, 9.17) is 5.73 Å². The number of likely N-dealkylation sites (tertiary alicyclic amines) is 1. The third-order valence-electron chi connectivity index (χ3n) is 5.02. The number of fused-ring (bicyclic) bond motifs is 1. The second-order valence-corrected chi connectivity index (χ2v) is 6.32. The van der Waals surface area contributed by atoms with Gasteiger partial charge in [-0.3, -0.25) is 4.79 Å². The molecular formula is C15H24N2O. The summed E-state index contributed by atoms with van der Waals surface area (Å²) in [7, 11) is 0. The highest BCUT2D eigenvalue weighted by molar-refractivity contribution is 5.79. The van der Waals surface area contributed by atoms with E-state index in [1.54, 1.807) is 0 Å². The number of hydrogen-bond acceptors (Lipinski definition) is 2. The standard InChI is InChI=1S/C15H24N2O/c16-14-7-6-12-9-17(10-13(12)8-14)15(18)11-4-2-1-3-5-11/h1-2,11-14H,3-10,16H2/t11?,12-,13+,14?/m0/s1. The van der Waals surface area contributed by atoms with Gasteiger partial charge in [0.05, 0.1) is 0 Å². The van der Waals surface area contributed by atoms with E-state index in [0.717, 1.165) is 51.1 Å². The molecule has 18 heavy (non-hydrogen) atoms. The lowest BCUT2D eigenvalue weighted by Gasteiger charge is -2.27. The molecular weight excluding hydrogens is 224 g/mol. The molecule has 3 nitrogen and oxygen atoms in total. The average Bonchev–Trinajstić information content (AvgIpc) is 2.81. The number of amides is 1. The summed E-state index contributed by atoms with van der Waals surface area (Å²) >= 11 is 0. The minimum atomic E-state index is 0.254. The van der Waals surface area contributed by atoms with Crippen molar-refractivity contribution in [3.8, 4) is 0 Å². The van der Waals surface area contributed by atoms with Crippen LogP contribution in [0.5, 0.6) is 0 Å². The Bertz CT molecular complexity index is 352. The first-order valence-electron chi connectivity index (χ1n) is 7.43. The van der Waals surface area contributed by atoms with Crippen LogP contribution in [0.15, 0.2) is 12.2 Å². The molecule has 1 saturated carbocycles. The van der Waals surface area contributed by atoms with E-state index in [0.29, 0.717) is 17.9 Å². The molecule has 0 aromatic rings. The first-order chi connectivity index (χ1) is 8.74. The number of carbonyl (C=O) groups is 1. The van der Waals surface area contributed by atoms with Crippen molar-refractivity contribution in [2.24, 2.45) is 23.5 Å². The second kappa shape index (κ2) is 5.04. The minimum absolute atomic E-state index is 0.254. The number of nitrogens with two attached hydrogens (primary N) is 1. The van der Waals surface area contributed by atoms with E-state index >= 15 is 0 Å². The van der Waals surface area contributed by atoms with Crippen LogP contribution in [0.3, 0.4) is 0 Å². The molecule has 0 radical (unpaired) electrons. The van der Waals surface area contributed by atoms with Crippen LogP contribution in [0.1, 0.15) is 38.5 Å². The first-order valence-corrected chi connectivity index (χ1v) is 7.43. The molecule has 0 aromatic heterocycles. The van der Waals surface area contributed by atoms with Gasteiger partial charge in [0.1, 0.15) is 0 Å². The number of allylic oxidation sites excluding steroid dienone is 2. The van der Waals surface area contributed by atoms with Gasteiger partial charge >= 0.3 is 0 Å². The topological polar surface area (TPSA) is 46.3 Å². The molecule has 2 fully saturated rings. The van der Waals surface area contributed by atoms with E-state index < -0.39 is 0 Å². The molecule has 0 aromatic carbocycles. The quantitative estimate of drug-likeness (QED) is 0.721. The molecule has 1 saturated heterocycles. The van der Waals surface area contributed by atoms with Gasteiger partial charge in [0, 0.05) is 25.0 Å². The van der Waals surface area contributed by atoms with Gasteiger partial charge in [-0.1, -0.05) is 12.2 Å². The van der Waals surface area contributed by atoms with Crippen molar-refractivity contribution in [1.82, 2.24) is 4.90 Å². The number of nitrogens with zero attached hydrogens (tertiary/aromatic N) is 1. The molecule has 3 aliphatic rings. The molecule has 1 heterocycles. The van der Waals surface area contributed by atoms with E-state index in [1.807, 2.05) is 0 Å². The van der Waals surface area contributed by atoms with Crippen LogP contribution >= 0.6 is 0 Å². The van der Waals surface area contributed by atoms with Crippen molar-refractivity contribution >= 4 is 5.91 Å². The third-order valence-corrected chi connectivity index (χ3v) is 5.02. The van der Waals surface area contributed by atoms with E-state index in [1.165, 1.54) is 6.42 Å². The number of hydrogen-bond donors (Lipinski definition) is 1. The predicted molar refractivity (Wildman–Crippen MR) is 71.9 cm³/mol. The van der Waals surface area contributed by atoms with Gasteiger partial charge in [-0.25, -0.2) is 0 Å². The molecule has 3 rings (SSSR count). The predicted octanol–water partition coefficient (Wildman–Crippen LogP) is 1.93. The van der Waals surface area contributed by atoms with Gasteiger partial charge in [0.25, 0.3) is 0 Å². The van der Waals surface area contributed by atoms with Crippen molar-refractivity contribution in [2.75, 3.05) is 13.1 Å². The number of carbonyl (C=O) groups excluding carboxylic acids is 1. The molecule has 1 aliphatic heterocycles. The summed E-state index contributed by atoms with van der Waals surface area (Å²) < 4.78 is 0. The van der Waals surface area contributed by atoms with Crippen LogP contribution in [0.4, 0.5) is 0 Å². The van der Waals surface area contributed by atoms with Gasteiger partial charge in [-0.2, -0.15) is 0 Å². The van der Waals surface area contributed by atoms with E-state index in [-0.39, 0.29) is 5.92 Å².